The highest BCUT2D eigenvalue weighted by Gasteiger charge is 2.33. The van der Waals surface area contributed by atoms with E-state index < -0.39 is 6.10 Å². The van der Waals surface area contributed by atoms with Crippen LogP contribution in [0.25, 0.3) is 0 Å². The summed E-state index contributed by atoms with van der Waals surface area (Å²) < 4.78 is 1.79. The molecule has 0 radical (unpaired) electrons. The predicted molar refractivity (Wildman–Crippen MR) is 91.1 cm³/mol. The minimum absolute atomic E-state index is 0.0648. The Morgan fingerprint density at radius 1 is 1.40 bits per heavy atom. The number of hydrogen-bond acceptors (Lipinski definition) is 6. The summed E-state index contributed by atoms with van der Waals surface area (Å²) in [6.07, 6.45) is 0.0111. The Kier molecular flexibility index (Phi) is 5.03. The maximum absolute atomic E-state index is 12.5. The molecule has 2 aliphatic rings. The molecular weight excluding hydrogens is 324 g/mol. The summed E-state index contributed by atoms with van der Waals surface area (Å²) in [6, 6.07) is 1.75. The number of nitrogens with zero attached hydrogens (tertiary/aromatic N) is 5. The van der Waals surface area contributed by atoms with Crippen molar-refractivity contribution in [2.45, 2.75) is 32.5 Å². The van der Waals surface area contributed by atoms with E-state index in [1.807, 2.05) is 25.9 Å². The van der Waals surface area contributed by atoms with Crippen LogP contribution in [0.4, 0.5) is 0 Å². The Morgan fingerprint density at radius 2 is 2.20 bits per heavy atom. The summed E-state index contributed by atoms with van der Waals surface area (Å²) in [4.78, 5) is 33.6. The molecule has 0 spiro atoms. The van der Waals surface area contributed by atoms with Crippen molar-refractivity contribution in [2.24, 2.45) is 5.16 Å². The lowest BCUT2D eigenvalue weighted by molar-refractivity contribution is -0.143. The van der Waals surface area contributed by atoms with E-state index in [4.69, 9.17) is 4.84 Å². The van der Waals surface area contributed by atoms with Gasteiger partial charge in [0.2, 0.25) is 6.10 Å². The zero-order valence-electron chi connectivity index (χ0n) is 14.9. The van der Waals surface area contributed by atoms with Gasteiger partial charge in [0, 0.05) is 26.1 Å². The van der Waals surface area contributed by atoms with Crippen molar-refractivity contribution >= 4 is 17.5 Å². The molecule has 3 heterocycles. The molecule has 9 heteroatoms. The molecule has 9 nitrogen and oxygen atoms in total. The van der Waals surface area contributed by atoms with Crippen molar-refractivity contribution in [2.75, 3.05) is 33.7 Å². The number of nitrogens with one attached hydrogen (secondary N) is 1. The zero-order chi connectivity index (χ0) is 18.0. The average Bonchev–Trinajstić information content (AvgIpc) is 3.19. The Morgan fingerprint density at radius 3 is 2.88 bits per heavy atom. The van der Waals surface area contributed by atoms with Gasteiger partial charge in [-0.05, 0) is 27.1 Å². The molecule has 1 atom stereocenters. The molecule has 0 aliphatic carbocycles. The van der Waals surface area contributed by atoms with Crippen molar-refractivity contribution in [1.82, 2.24) is 24.9 Å². The molecule has 136 valence electrons. The largest absolute Gasteiger partial charge is 0.382 e. The monoisotopic (exact) mass is 348 g/mol. The van der Waals surface area contributed by atoms with Gasteiger partial charge in [-0.1, -0.05) is 5.16 Å². The third-order valence-corrected chi connectivity index (χ3v) is 4.28. The second-order valence-corrected chi connectivity index (χ2v) is 6.69. The molecular formula is C16H24N6O3. The van der Waals surface area contributed by atoms with E-state index in [1.165, 1.54) is 0 Å². The third kappa shape index (κ3) is 3.98. The summed E-state index contributed by atoms with van der Waals surface area (Å²) in [5.74, 6) is -0.255. The Balaban J connectivity index is 1.59. The fourth-order valence-corrected chi connectivity index (χ4v) is 2.88. The van der Waals surface area contributed by atoms with Gasteiger partial charge in [0.25, 0.3) is 11.8 Å². The Hall–Kier alpha value is -2.42. The van der Waals surface area contributed by atoms with Crippen LogP contribution in [0, 0.1) is 0 Å². The maximum atomic E-state index is 12.5. The minimum atomic E-state index is -0.525. The quantitative estimate of drug-likeness (QED) is 0.787. The van der Waals surface area contributed by atoms with Gasteiger partial charge < -0.3 is 20.0 Å². The molecule has 25 heavy (non-hydrogen) atoms. The molecule has 0 unspecified atom stereocenters. The van der Waals surface area contributed by atoms with Crippen LogP contribution in [0.5, 0.6) is 0 Å². The smallest absolute Gasteiger partial charge is 0.271 e. The Labute approximate surface area is 146 Å². The third-order valence-electron chi connectivity index (χ3n) is 4.28. The fraction of sp³-hybridized carbons (Fsp3) is 0.625. The number of likely N-dealkylation sites (N-methyl/N-ethyl adjacent to an activating group) is 1. The highest BCUT2D eigenvalue weighted by atomic mass is 16.6. The van der Waals surface area contributed by atoms with E-state index in [1.54, 1.807) is 15.6 Å². The van der Waals surface area contributed by atoms with E-state index in [0.29, 0.717) is 38.3 Å². The van der Waals surface area contributed by atoms with Crippen LogP contribution < -0.4 is 5.32 Å². The minimum Gasteiger partial charge on any atom is -0.382 e. The van der Waals surface area contributed by atoms with E-state index in [2.05, 4.69) is 15.6 Å². The second kappa shape index (κ2) is 7.22. The lowest BCUT2D eigenvalue weighted by Gasteiger charge is -2.28. The van der Waals surface area contributed by atoms with Crippen LogP contribution >= 0.6 is 0 Å². The lowest BCUT2D eigenvalue weighted by Crippen LogP contribution is -2.43. The van der Waals surface area contributed by atoms with E-state index >= 15 is 0 Å². The normalized spacial score (nSPS) is 19.4. The molecule has 1 aromatic heterocycles. The fourth-order valence-electron chi connectivity index (χ4n) is 2.88. The van der Waals surface area contributed by atoms with Crippen molar-refractivity contribution in [1.29, 1.82) is 0 Å². The highest BCUT2D eigenvalue weighted by molar-refractivity contribution is 5.93. The highest BCUT2D eigenvalue weighted by Crippen LogP contribution is 2.18. The summed E-state index contributed by atoms with van der Waals surface area (Å²) in [7, 11) is 3.90. The van der Waals surface area contributed by atoms with E-state index in [-0.39, 0.29) is 11.8 Å². The van der Waals surface area contributed by atoms with Crippen LogP contribution in [0.1, 0.15) is 29.5 Å². The molecule has 0 aromatic carbocycles. The van der Waals surface area contributed by atoms with Gasteiger partial charge in [-0.15, -0.1) is 0 Å². The van der Waals surface area contributed by atoms with Gasteiger partial charge in [-0.3, -0.25) is 14.3 Å². The van der Waals surface area contributed by atoms with Gasteiger partial charge in [-0.2, -0.15) is 5.10 Å². The maximum Gasteiger partial charge on any atom is 0.271 e. The first-order chi connectivity index (χ1) is 11.9. The van der Waals surface area contributed by atoms with Crippen LogP contribution in [-0.2, 0) is 22.7 Å². The van der Waals surface area contributed by atoms with Gasteiger partial charge >= 0.3 is 0 Å². The molecule has 0 saturated heterocycles. The molecule has 0 saturated carbocycles. The topological polar surface area (TPSA) is 92.1 Å². The number of fused-ring (bicyclic) bond motifs is 1. The van der Waals surface area contributed by atoms with Crippen molar-refractivity contribution < 1.29 is 14.4 Å². The van der Waals surface area contributed by atoms with Gasteiger partial charge in [0.15, 0.2) is 5.69 Å². The van der Waals surface area contributed by atoms with Crippen LogP contribution in [-0.4, -0.2) is 76.9 Å². The summed E-state index contributed by atoms with van der Waals surface area (Å²) in [5.41, 5.74) is 2.07. The predicted octanol–water partition coefficient (Wildman–Crippen LogP) is -0.318. The molecule has 2 amide bonds. The van der Waals surface area contributed by atoms with Crippen LogP contribution in [0.15, 0.2) is 11.2 Å². The van der Waals surface area contributed by atoms with Crippen LogP contribution in [0.2, 0.25) is 0 Å². The number of amides is 2. The zero-order valence-corrected chi connectivity index (χ0v) is 14.9. The summed E-state index contributed by atoms with van der Waals surface area (Å²) in [5, 5.41) is 11.0. The SMILES string of the molecule is CC1=NO[C@H](C(=O)N2CCn3nc(C(=O)NCCN(C)C)cc3C2)C1. The first-order valence-electron chi connectivity index (χ1n) is 8.42. The first kappa shape index (κ1) is 17.4. The van der Waals surface area contributed by atoms with Gasteiger partial charge in [0.1, 0.15) is 0 Å². The number of carbonyl (C=O) groups excluding carboxylic acids is 2. The number of carbonyl (C=O) groups is 2. The standard InChI is InChI=1S/C16H24N6O3/c1-11-8-14(25-19-11)16(24)21-6-7-22-12(10-21)9-13(18-22)15(23)17-4-5-20(2)3/h9,14H,4-8,10H2,1-3H3,(H,17,23)/t14-/m0/s1. The average molecular weight is 348 g/mol. The van der Waals surface area contributed by atoms with E-state index in [0.717, 1.165) is 18.0 Å². The summed E-state index contributed by atoms with van der Waals surface area (Å²) in [6.45, 7) is 4.73. The van der Waals surface area contributed by atoms with Crippen LogP contribution in [0.3, 0.4) is 0 Å². The van der Waals surface area contributed by atoms with E-state index in [9.17, 15) is 9.59 Å². The molecule has 3 rings (SSSR count). The van der Waals surface area contributed by atoms with Crippen molar-refractivity contribution in [3.63, 3.8) is 0 Å². The number of rotatable bonds is 5. The second-order valence-electron chi connectivity index (χ2n) is 6.69. The number of hydrogen-bond donors (Lipinski definition) is 1. The van der Waals surface area contributed by atoms with Crippen molar-refractivity contribution in [3.05, 3.63) is 17.5 Å². The molecule has 1 aromatic rings. The van der Waals surface area contributed by atoms with Crippen molar-refractivity contribution in [3.8, 4) is 0 Å². The lowest BCUT2D eigenvalue weighted by atomic mass is 10.1. The first-order valence-corrected chi connectivity index (χ1v) is 8.42. The number of aromatic nitrogens is 2. The number of oxime groups is 1. The molecule has 2 aliphatic heterocycles. The molecule has 1 N–H and O–H groups in total. The Bertz CT molecular complexity index is 696. The van der Waals surface area contributed by atoms with Gasteiger partial charge in [0.05, 0.1) is 24.5 Å². The molecule has 0 bridgehead atoms. The summed E-state index contributed by atoms with van der Waals surface area (Å²) >= 11 is 0. The molecule has 0 fully saturated rings. The van der Waals surface area contributed by atoms with Gasteiger partial charge in [-0.25, -0.2) is 0 Å².